The maximum Gasteiger partial charge on any atom is 0.116 e. The van der Waals surface area contributed by atoms with Gasteiger partial charge < -0.3 is 5.32 Å². The molecule has 0 bridgehead atoms. The number of rotatable bonds is 2. The van der Waals surface area contributed by atoms with Crippen molar-refractivity contribution in [2.75, 3.05) is 6.54 Å². The van der Waals surface area contributed by atoms with Crippen molar-refractivity contribution < 1.29 is 4.39 Å². The second-order valence-electron chi connectivity index (χ2n) is 8.49. The van der Waals surface area contributed by atoms with E-state index in [1.165, 1.54) is 51.4 Å². The summed E-state index contributed by atoms with van der Waals surface area (Å²) < 4.78 is 14.7. The highest BCUT2D eigenvalue weighted by molar-refractivity contribution is 4.93. The molecule has 3 atom stereocenters. The van der Waals surface area contributed by atoms with Crippen LogP contribution < -0.4 is 5.32 Å². The molecule has 0 aromatic heterocycles. The van der Waals surface area contributed by atoms with Gasteiger partial charge >= 0.3 is 0 Å². The fourth-order valence-corrected chi connectivity index (χ4v) is 5.16. The monoisotopic (exact) mass is 295 g/mol. The summed E-state index contributed by atoms with van der Waals surface area (Å²) in [6.45, 7) is 5.79. The van der Waals surface area contributed by atoms with Crippen LogP contribution in [0.25, 0.3) is 0 Å². The summed E-state index contributed by atoms with van der Waals surface area (Å²) in [5, 5.41) is 3.64. The zero-order valence-corrected chi connectivity index (χ0v) is 14.0. The van der Waals surface area contributed by atoms with E-state index in [-0.39, 0.29) is 6.04 Å². The molecule has 1 heterocycles. The van der Waals surface area contributed by atoms with E-state index in [1.54, 1.807) is 0 Å². The van der Waals surface area contributed by atoms with Crippen molar-refractivity contribution >= 4 is 0 Å². The van der Waals surface area contributed by atoms with Gasteiger partial charge in [-0.05, 0) is 68.2 Å². The predicted molar refractivity (Wildman–Crippen MR) is 87.0 cm³/mol. The van der Waals surface area contributed by atoms with E-state index in [1.807, 2.05) is 0 Å². The number of halogens is 1. The molecule has 21 heavy (non-hydrogen) atoms. The van der Waals surface area contributed by atoms with Gasteiger partial charge in [-0.15, -0.1) is 0 Å². The smallest absolute Gasteiger partial charge is 0.116 e. The molecular weight excluding hydrogens is 261 g/mol. The van der Waals surface area contributed by atoms with Crippen LogP contribution in [0.2, 0.25) is 0 Å². The number of piperidine rings is 1. The first-order valence-corrected chi connectivity index (χ1v) is 9.51. The molecule has 1 N–H and O–H groups in total. The lowest BCUT2D eigenvalue weighted by Crippen LogP contribution is -2.53. The molecule has 1 nitrogen and oxygen atoms in total. The third kappa shape index (κ3) is 3.81. The quantitative estimate of drug-likeness (QED) is 0.759. The van der Waals surface area contributed by atoms with Crippen LogP contribution in [0, 0.1) is 29.6 Å². The lowest BCUT2D eigenvalue weighted by atomic mass is 9.70. The number of alkyl halides is 1. The maximum absolute atomic E-state index is 14.7. The minimum atomic E-state index is -0.596. The highest BCUT2D eigenvalue weighted by Gasteiger charge is 2.39. The van der Waals surface area contributed by atoms with Gasteiger partial charge in [0.25, 0.3) is 0 Å². The maximum atomic E-state index is 14.7. The Hall–Kier alpha value is -0.110. The van der Waals surface area contributed by atoms with E-state index in [0.717, 1.165) is 30.7 Å². The number of nitrogens with one attached hydrogen (secondary N) is 1. The van der Waals surface area contributed by atoms with Crippen molar-refractivity contribution in [2.24, 2.45) is 29.6 Å². The number of hydrogen-bond donors (Lipinski definition) is 1. The average Bonchev–Trinajstić information content (AvgIpc) is 2.49. The van der Waals surface area contributed by atoms with Crippen LogP contribution >= 0.6 is 0 Å². The summed E-state index contributed by atoms with van der Waals surface area (Å²) in [5.74, 6) is 3.75. The van der Waals surface area contributed by atoms with Crippen LogP contribution in [0.4, 0.5) is 4.39 Å². The molecule has 3 unspecified atom stereocenters. The summed E-state index contributed by atoms with van der Waals surface area (Å²) in [6.07, 6.45) is 10.7. The molecule has 0 aromatic rings. The molecule has 0 aromatic carbocycles. The van der Waals surface area contributed by atoms with Crippen molar-refractivity contribution in [1.82, 2.24) is 5.32 Å². The molecule has 3 fully saturated rings. The van der Waals surface area contributed by atoms with E-state index in [4.69, 9.17) is 0 Å². The van der Waals surface area contributed by atoms with Gasteiger partial charge in [-0.1, -0.05) is 39.5 Å². The molecule has 1 aliphatic heterocycles. The van der Waals surface area contributed by atoms with Crippen molar-refractivity contribution in [1.29, 1.82) is 0 Å². The first-order chi connectivity index (χ1) is 10.1. The zero-order valence-electron chi connectivity index (χ0n) is 14.0. The fraction of sp³-hybridized carbons (Fsp3) is 1.00. The molecule has 3 rings (SSSR count). The first kappa shape index (κ1) is 15.8. The van der Waals surface area contributed by atoms with Gasteiger partial charge in [-0.25, -0.2) is 4.39 Å². The van der Waals surface area contributed by atoms with Gasteiger partial charge in [0, 0.05) is 6.04 Å². The highest BCUT2D eigenvalue weighted by atomic mass is 19.1. The third-order valence-corrected chi connectivity index (χ3v) is 6.83. The molecular formula is C19H34FN. The zero-order chi connectivity index (χ0) is 14.8. The molecule has 0 amide bonds. The van der Waals surface area contributed by atoms with Crippen LogP contribution in [0.3, 0.4) is 0 Å². The standard InChI is InChI=1S/C19H34FN/c1-13-3-7-15(8-4-13)17-11-18(20)19(21-12-17)16-9-5-14(2)6-10-16/h13-19,21H,3-12H2,1-2H3. The van der Waals surface area contributed by atoms with Crippen LogP contribution in [0.15, 0.2) is 0 Å². The van der Waals surface area contributed by atoms with Gasteiger partial charge in [0.2, 0.25) is 0 Å². The van der Waals surface area contributed by atoms with Gasteiger partial charge in [0.05, 0.1) is 0 Å². The van der Waals surface area contributed by atoms with Crippen molar-refractivity contribution in [2.45, 2.75) is 83.8 Å². The Kier molecular flexibility index (Phi) is 5.24. The molecule has 3 aliphatic rings. The van der Waals surface area contributed by atoms with Crippen LogP contribution in [-0.4, -0.2) is 18.8 Å². The Bertz CT molecular complexity index is 316. The largest absolute Gasteiger partial charge is 0.311 e. The van der Waals surface area contributed by atoms with Crippen molar-refractivity contribution in [3.8, 4) is 0 Å². The van der Waals surface area contributed by atoms with E-state index in [9.17, 15) is 4.39 Å². The van der Waals surface area contributed by atoms with E-state index in [2.05, 4.69) is 19.2 Å². The van der Waals surface area contributed by atoms with Gasteiger partial charge in [0.15, 0.2) is 0 Å². The average molecular weight is 295 g/mol. The Balaban J connectivity index is 1.50. The highest BCUT2D eigenvalue weighted by Crippen LogP contribution is 2.40. The second kappa shape index (κ2) is 6.98. The molecule has 2 aliphatic carbocycles. The lowest BCUT2D eigenvalue weighted by Gasteiger charge is -2.43. The van der Waals surface area contributed by atoms with Crippen LogP contribution in [0.5, 0.6) is 0 Å². The molecule has 2 heteroatoms. The van der Waals surface area contributed by atoms with Gasteiger partial charge in [-0.3, -0.25) is 0 Å². The summed E-state index contributed by atoms with van der Waals surface area (Å²) in [4.78, 5) is 0. The van der Waals surface area contributed by atoms with Crippen LogP contribution in [0.1, 0.15) is 71.6 Å². The summed E-state index contributed by atoms with van der Waals surface area (Å²) in [7, 11) is 0. The van der Waals surface area contributed by atoms with Crippen molar-refractivity contribution in [3.05, 3.63) is 0 Å². The van der Waals surface area contributed by atoms with E-state index < -0.39 is 6.17 Å². The van der Waals surface area contributed by atoms with E-state index in [0.29, 0.717) is 11.8 Å². The first-order valence-electron chi connectivity index (χ1n) is 9.51. The third-order valence-electron chi connectivity index (χ3n) is 6.83. The predicted octanol–water partition coefficient (Wildman–Crippen LogP) is 4.96. The molecule has 122 valence electrons. The minimum Gasteiger partial charge on any atom is -0.311 e. The second-order valence-corrected chi connectivity index (χ2v) is 8.49. The molecule has 0 radical (unpaired) electrons. The van der Waals surface area contributed by atoms with Gasteiger partial charge in [0.1, 0.15) is 6.17 Å². The topological polar surface area (TPSA) is 12.0 Å². The molecule has 0 spiro atoms. The molecule has 1 saturated heterocycles. The van der Waals surface area contributed by atoms with Gasteiger partial charge in [-0.2, -0.15) is 0 Å². The normalized spacial score (nSPS) is 49.0. The Morgan fingerprint density at radius 2 is 1.24 bits per heavy atom. The van der Waals surface area contributed by atoms with Crippen LogP contribution in [-0.2, 0) is 0 Å². The minimum absolute atomic E-state index is 0.163. The summed E-state index contributed by atoms with van der Waals surface area (Å²) >= 11 is 0. The summed E-state index contributed by atoms with van der Waals surface area (Å²) in [6, 6.07) is 0.163. The summed E-state index contributed by atoms with van der Waals surface area (Å²) in [5.41, 5.74) is 0. The Labute approximate surface area is 130 Å². The molecule has 2 saturated carbocycles. The number of hydrogen-bond acceptors (Lipinski definition) is 1. The Morgan fingerprint density at radius 3 is 1.76 bits per heavy atom. The fourth-order valence-electron chi connectivity index (χ4n) is 5.16. The Morgan fingerprint density at radius 1 is 0.714 bits per heavy atom. The lowest BCUT2D eigenvalue weighted by molar-refractivity contribution is 0.0646. The van der Waals surface area contributed by atoms with E-state index >= 15 is 0 Å². The van der Waals surface area contributed by atoms with Crippen molar-refractivity contribution in [3.63, 3.8) is 0 Å². The SMILES string of the molecule is CC1CCC(C2CNC(C3CCC(C)CC3)C(F)C2)CC1.